The van der Waals surface area contributed by atoms with Gasteiger partial charge in [-0.05, 0) is 0 Å². The van der Waals surface area contributed by atoms with Gasteiger partial charge in [-0.15, -0.1) is 11.3 Å². The monoisotopic (exact) mass is 196 g/mol. The average Bonchev–Trinajstić information content (AvgIpc) is 2.81. The van der Waals surface area contributed by atoms with Crippen molar-refractivity contribution in [2.45, 2.75) is 19.8 Å². The summed E-state index contributed by atoms with van der Waals surface area (Å²) in [5.74, 6) is 0.560. The van der Waals surface area contributed by atoms with Gasteiger partial charge in [-0.1, -0.05) is 13.8 Å². The summed E-state index contributed by atoms with van der Waals surface area (Å²) in [7, 11) is 0. The van der Waals surface area contributed by atoms with E-state index in [0.29, 0.717) is 5.92 Å². The Labute approximate surface area is 81.4 Å². The molecule has 70 valence electrons. The van der Waals surface area contributed by atoms with E-state index < -0.39 is 0 Å². The maximum atomic E-state index is 11.5. The van der Waals surface area contributed by atoms with E-state index in [1.165, 1.54) is 11.3 Å². The first kappa shape index (κ1) is 8.69. The molecular weight excluding hydrogens is 184 g/mol. The van der Waals surface area contributed by atoms with Gasteiger partial charge in [-0.25, -0.2) is 4.98 Å². The minimum Gasteiger partial charge on any atom is -0.334 e. The summed E-state index contributed by atoms with van der Waals surface area (Å²) in [6.07, 6.45) is 1.70. The molecule has 4 heteroatoms. The highest BCUT2D eigenvalue weighted by Gasteiger charge is 2.26. The summed E-state index contributed by atoms with van der Waals surface area (Å²) in [5, 5.41) is 1.05. The van der Waals surface area contributed by atoms with Crippen LogP contribution >= 0.6 is 11.3 Å². The molecule has 3 nitrogen and oxygen atoms in total. The van der Waals surface area contributed by atoms with Crippen molar-refractivity contribution in [1.29, 1.82) is 0 Å². The zero-order chi connectivity index (χ0) is 9.42. The van der Waals surface area contributed by atoms with E-state index >= 15 is 0 Å². The lowest BCUT2D eigenvalue weighted by atomic mass is 10.2. The fraction of sp³-hybridized carbons (Fsp3) is 0.556. The molecule has 2 rings (SSSR count). The SMILES string of the molecule is CC(C)c1ncc(C(=O)N2CC2)s1. The van der Waals surface area contributed by atoms with Gasteiger partial charge < -0.3 is 4.90 Å². The van der Waals surface area contributed by atoms with Crippen molar-refractivity contribution in [2.24, 2.45) is 0 Å². The third-order valence-corrected chi connectivity index (χ3v) is 3.25. The number of rotatable bonds is 2. The van der Waals surface area contributed by atoms with Gasteiger partial charge in [0.2, 0.25) is 0 Å². The standard InChI is InChI=1S/C9H12N2OS/c1-6(2)8-10-5-7(13-8)9(12)11-3-4-11/h5-6H,3-4H2,1-2H3. The molecule has 0 N–H and O–H groups in total. The first-order valence-electron chi connectivity index (χ1n) is 4.43. The van der Waals surface area contributed by atoms with Gasteiger partial charge in [0.1, 0.15) is 4.88 Å². The van der Waals surface area contributed by atoms with Gasteiger partial charge >= 0.3 is 0 Å². The van der Waals surface area contributed by atoms with E-state index in [-0.39, 0.29) is 5.91 Å². The number of carbonyl (C=O) groups is 1. The number of amides is 1. The second kappa shape index (κ2) is 3.10. The second-order valence-electron chi connectivity index (χ2n) is 3.51. The molecular formula is C9H12N2OS. The summed E-state index contributed by atoms with van der Waals surface area (Å²) in [4.78, 5) is 18.4. The number of hydrogen-bond donors (Lipinski definition) is 0. The van der Waals surface area contributed by atoms with Crippen molar-refractivity contribution in [2.75, 3.05) is 13.1 Å². The van der Waals surface area contributed by atoms with Crippen molar-refractivity contribution in [3.05, 3.63) is 16.1 Å². The molecule has 1 aliphatic rings. The maximum Gasteiger partial charge on any atom is 0.265 e. The molecule has 0 unspecified atom stereocenters. The van der Waals surface area contributed by atoms with Crippen LogP contribution in [0.4, 0.5) is 0 Å². The quantitative estimate of drug-likeness (QED) is 0.675. The van der Waals surface area contributed by atoms with Crippen LogP contribution in [0.3, 0.4) is 0 Å². The molecule has 0 aromatic carbocycles. The van der Waals surface area contributed by atoms with Crippen LogP contribution in [0.15, 0.2) is 6.20 Å². The molecule has 1 aromatic heterocycles. The minimum atomic E-state index is 0.143. The normalized spacial score (nSPS) is 15.2. The fourth-order valence-corrected chi connectivity index (χ4v) is 1.95. The topological polar surface area (TPSA) is 33.0 Å². The van der Waals surface area contributed by atoms with Gasteiger partial charge in [-0.3, -0.25) is 4.79 Å². The van der Waals surface area contributed by atoms with Crippen LogP contribution in [0.25, 0.3) is 0 Å². The molecule has 1 aromatic rings. The van der Waals surface area contributed by atoms with E-state index in [1.54, 1.807) is 6.20 Å². The summed E-state index contributed by atoms with van der Waals surface area (Å²) in [6.45, 7) is 6.00. The van der Waals surface area contributed by atoms with Gasteiger partial charge in [0.05, 0.1) is 11.2 Å². The predicted molar refractivity (Wildman–Crippen MR) is 52.1 cm³/mol. The van der Waals surface area contributed by atoms with Gasteiger partial charge in [0.15, 0.2) is 0 Å². The van der Waals surface area contributed by atoms with Crippen LogP contribution in [0.5, 0.6) is 0 Å². The average molecular weight is 196 g/mol. The van der Waals surface area contributed by atoms with Crippen LogP contribution in [0.1, 0.15) is 34.4 Å². The highest BCUT2D eigenvalue weighted by Crippen LogP contribution is 2.23. The Morgan fingerprint density at radius 3 is 2.77 bits per heavy atom. The zero-order valence-electron chi connectivity index (χ0n) is 7.78. The molecule has 0 saturated carbocycles. The lowest BCUT2D eigenvalue weighted by Gasteiger charge is -1.96. The summed E-state index contributed by atoms with van der Waals surface area (Å²) in [5.41, 5.74) is 0. The van der Waals surface area contributed by atoms with Gasteiger partial charge in [0.25, 0.3) is 5.91 Å². The van der Waals surface area contributed by atoms with Crippen LogP contribution in [0.2, 0.25) is 0 Å². The Morgan fingerprint density at radius 1 is 1.62 bits per heavy atom. The number of carbonyl (C=O) groups excluding carboxylic acids is 1. The van der Waals surface area contributed by atoms with Crippen molar-refractivity contribution in [3.63, 3.8) is 0 Å². The van der Waals surface area contributed by atoms with E-state index in [1.807, 2.05) is 4.90 Å². The molecule has 1 fully saturated rings. The van der Waals surface area contributed by atoms with Crippen molar-refractivity contribution < 1.29 is 4.79 Å². The van der Waals surface area contributed by atoms with Crippen LogP contribution in [-0.2, 0) is 0 Å². The van der Waals surface area contributed by atoms with Crippen LogP contribution < -0.4 is 0 Å². The number of hydrogen-bond acceptors (Lipinski definition) is 3. The minimum absolute atomic E-state index is 0.143. The molecule has 0 radical (unpaired) electrons. The third kappa shape index (κ3) is 1.72. The van der Waals surface area contributed by atoms with Crippen molar-refractivity contribution >= 4 is 17.2 Å². The molecule has 1 amide bonds. The number of aromatic nitrogens is 1. The lowest BCUT2D eigenvalue weighted by molar-refractivity contribution is 0.0889. The number of thiazole rings is 1. The number of nitrogens with zero attached hydrogens (tertiary/aromatic N) is 2. The van der Waals surface area contributed by atoms with Crippen molar-refractivity contribution in [1.82, 2.24) is 9.88 Å². The van der Waals surface area contributed by atoms with Crippen LogP contribution in [-0.4, -0.2) is 28.9 Å². The summed E-state index contributed by atoms with van der Waals surface area (Å²) >= 11 is 1.52. The Kier molecular flexibility index (Phi) is 2.07. The van der Waals surface area contributed by atoms with Crippen molar-refractivity contribution in [3.8, 4) is 0 Å². The lowest BCUT2D eigenvalue weighted by Crippen LogP contribution is -2.07. The molecule has 13 heavy (non-hydrogen) atoms. The molecule has 2 heterocycles. The highest BCUT2D eigenvalue weighted by atomic mass is 32.1. The molecule has 0 spiro atoms. The van der Waals surface area contributed by atoms with E-state index in [9.17, 15) is 4.79 Å². The van der Waals surface area contributed by atoms with Crippen LogP contribution in [0, 0.1) is 0 Å². The molecule has 1 aliphatic heterocycles. The molecule has 1 saturated heterocycles. The second-order valence-corrected chi connectivity index (χ2v) is 4.57. The highest BCUT2D eigenvalue weighted by molar-refractivity contribution is 7.13. The predicted octanol–water partition coefficient (Wildman–Crippen LogP) is 1.72. The Hall–Kier alpha value is -0.900. The Morgan fingerprint density at radius 2 is 2.31 bits per heavy atom. The smallest absolute Gasteiger partial charge is 0.265 e. The van der Waals surface area contributed by atoms with E-state index in [0.717, 1.165) is 23.0 Å². The van der Waals surface area contributed by atoms with Gasteiger partial charge in [0, 0.05) is 19.0 Å². The third-order valence-electron chi connectivity index (χ3n) is 1.96. The maximum absolute atomic E-state index is 11.5. The Bertz CT molecular complexity index is 328. The first-order valence-corrected chi connectivity index (χ1v) is 5.25. The Balaban J connectivity index is 2.16. The van der Waals surface area contributed by atoms with E-state index in [4.69, 9.17) is 0 Å². The molecule has 0 atom stereocenters. The van der Waals surface area contributed by atoms with E-state index in [2.05, 4.69) is 18.8 Å². The largest absolute Gasteiger partial charge is 0.334 e. The summed E-state index contributed by atoms with van der Waals surface area (Å²) in [6, 6.07) is 0. The first-order chi connectivity index (χ1) is 6.18. The molecule has 0 aliphatic carbocycles. The van der Waals surface area contributed by atoms with Gasteiger partial charge in [-0.2, -0.15) is 0 Å². The zero-order valence-corrected chi connectivity index (χ0v) is 8.60. The molecule has 0 bridgehead atoms. The summed E-state index contributed by atoms with van der Waals surface area (Å²) < 4.78 is 0. The fourth-order valence-electron chi connectivity index (χ4n) is 1.06.